The quantitative estimate of drug-likeness (QED) is 0.856. The lowest BCUT2D eigenvalue weighted by Gasteiger charge is -2.16. The van der Waals surface area contributed by atoms with Gasteiger partial charge in [0.1, 0.15) is 5.75 Å². The van der Waals surface area contributed by atoms with Crippen molar-refractivity contribution in [2.24, 2.45) is 0 Å². The largest absolute Gasteiger partial charge is 0.482 e. The summed E-state index contributed by atoms with van der Waals surface area (Å²) >= 11 is 0. The van der Waals surface area contributed by atoms with Gasteiger partial charge in [0.05, 0.1) is 0 Å². The standard InChI is InChI=1S/C13H15NO4/c1-14(10-5-6-10)13(17)9-3-2-4-11(7-9)18-8-12(15)16/h2-4,7,10H,5-6,8H2,1H3,(H,15,16). The maximum Gasteiger partial charge on any atom is 0.341 e. The summed E-state index contributed by atoms with van der Waals surface area (Å²) in [7, 11) is 1.78. The van der Waals surface area contributed by atoms with Gasteiger partial charge < -0.3 is 14.7 Å². The Morgan fingerprint density at radius 2 is 2.17 bits per heavy atom. The number of rotatable bonds is 5. The van der Waals surface area contributed by atoms with Crippen molar-refractivity contribution in [1.82, 2.24) is 4.90 Å². The predicted octanol–water partition coefficient (Wildman–Crippen LogP) is 1.38. The van der Waals surface area contributed by atoms with E-state index in [4.69, 9.17) is 9.84 Å². The molecule has 1 saturated carbocycles. The Morgan fingerprint density at radius 3 is 2.78 bits per heavy atom. The van der Waals surface area contributed by atoms with Gasteiger partial charge in [0.2, 0.25) is 0 Å². The van der Waals surface area contributed by atoms with Gasteiger partial charge in [-0.1, -0.05) is 6.07 Å². The Kier molecular flexibility index (Phi) is 3.50. The highest BCUT2D eigenvalue weighted by Gasteiger charge is 2.30. The van der Waals surface area contributed by atoms with E-state index < -0.39 is 12.6 Å². The van der Waals surface area contributed by atoms with Gasteiger partial charge in [-0.15, -0.1) is 0 Å². The number of hydrogen-bond acceptors (Lipinski definition) is 3. The average Bonchev–Trinajstić information content (AvgIpc) is 3.19. The number of carbonyl (C=O) groups excluding carboxylic acids is 1. The normalized spacial score (nSPS) is 14.1. The molecule has 0 bridgehead atoms. The van der Waals surface area contributed by atoms with Crippen LogP contribution in [0.2, 0.25) is 0 Å². The summed E-state index contributed by atoms with van der Waals surface area (Å²) in [4.78, 5) is 24.2. The lowest BCUT2D eigenvalue weighted by Crippen LogP contribution is -2.28. The summed E-state index contributed by atoms with van der Waals surface area (Å²) < 4.78 is 5.04. The van der Waals surface area contributed by atoms with Gasteiger partial charge in [-0.2, -0.15) is 0 Å². The van der Waals surface area contributed by atoms with Gasteiger partial charge in [0.25, 0.3) is 5.91 Å². The summed E-state index contributed by atoms with van der Waals surface area (Å²) in [5.74, 6) is -0.701. The minimum atomic E-state index is -1.04. The molecule has 96 valence electrons. The van der Waals surface area contributed by atoms with E-state index in [0.29, 0.717) is 17.4 Å². The molecule has 0 aromatic heterocycles. The number of carboxylic acid groups (broad SMARTS) is 1. The Bertz CT molecular complexity index is 468. The van der Waals surface area contributed by atoms with Crippen LogP contribution in [-0.2, 0) is 4.79 Å². The van der Waals surface area contributed by atoms with Crippen LogP contribution < -0.4 is 4.74 Å². The van der Waals surface area contributed by atoms with Crippen molar-refractivity contribution >= 4 is 11.9 Å². The van der Waals surface area contributed by atoms with Crippen LogP contribution >= 0.6 is 0 Å². The Morgan fingerprint density at radius 1 is 1.44 bits per heavy atom. The van der Waals surface area contributed by atoms with Crippen LogP contribution in [0.15, 0.2) is 24.3 Å². The van der Waals surface area contributed by atoms with Crippen molar-refractivity contribution in [3.8, 4) is 5.75 Å². The minimum Gasteiger partial charge on any atom is -0.482 e. The zero-order valence-corrected chi connectivity index (χ0v) is 10.1. The molecular weight excluding hydrogens is 234 g/mol. The SMILES string of the molecule is CN(C(=O)c1cccc(OCC(=O)O)c1)C1CC1. The molecule has 0 radical (unpaired) electrons. The molecule has 0 heterocycles. The fourth-order valence-corrected chi connectivity index (χ4v) is 1.70. The van der Waals surface area contributed by atoms with Crippen LogP contribution in [-0.4, -0.2) is 41.6 Å². The molecule has 1 aliphatic rings. The third-order valence-corrected chi connectivity index (χ3v) is 2.86. The van der Waals surface area contributed by atoms with E-state index >= 15 is 0 Å². The number of aliphatic carboxylic acids is 1. The summed E-state index contributed by atoms with van der Waals surface area (Å²) in [5, 5.41) is 8.52. The Balaban J connectivity index is 2.06. The molecule has 5 heteroatoms. The molecule has 0 spiro atoms. The maximum absolute atomic E-state index is 12.1. The molecule has 0 atom stereocenters. The third-order valence-electron chi connectivity index (χ3n) is 2.86. The van der Waals surface area contributed by atoms with Crippen LogP contribution in [0.5, 0.6) is 5.75 Å². The van der Waals surface area contributed by atoms with Gasteiger partial charge >= 0.3 is 5.97 Å². The molecule has 1 N–H and O–H groups in total. The van der Waals surface area contributed by atoms with Gasteiger partial charge in [-0.05, 0) is 31.0 Å². The minimum absolute atomic E-state index is 0.0572. The van der Waals surface area contributed by atoms with Gasteiger partial charge in [-0.3, -0.25) is 4.79 Å². The molecule has 1 aromatic rings. The first-order chi connectivity index (χ1) is 8.58. The number of nitrogens with zero attached hydrogens (tertiary/aromatic N) is 1. The maximum atomic E-state index is 12.1. The van der Waals surface area contributed by atoms with Gasteiger partial charge in [-0.25, -0.2) is 4.79 Å². The van der Waals surface area contributed by atoms with Crippen molar-refractivity contribution in [2.45, 2.75) is 18.9 Å². The second-order valence-corrected chi connectivity index (χ2v) is 4.36. The summed E-state index contributed by atoms with van der Waals surface area (Å²) in [5.41, 5.74) is 0.521. The number of benzene rings is 1. The van der Waals surface area contributed by atoms with Crippen LogP contribution in [0.4, 0.5) is 0 Å². The molecule has 18 heavy (non-hydrogen) atoms. The summed E-state index contributed by atoms with van der Waals surface area (Å²) in [6.07, 6.45) is 2.11. The first kappa shape index (κ1) is 12.4. The predicted molar refractivity (Wildman–Crippen MR) is 64.7 cm³/mol. The first-order valence-corrected chi connectivity index (χ1v) is 5.80. The molecule has 1 amide bonds. The molecule has 2 rings (SSSR count). The average molecular weight is 249 g/mol. The van der Waals surface area contributed by atoms with E-state index in [1.165, 1.54) is 0 Å². The van der Waals surface area contributed by atoms with Crippen molar-refractivity contribution in [2.75, 3.05) is 13.7 Å². The van der Waals surface area contributed by atoms with Crippen LogP contribution in [0, 0.1) is 0 Å². The second kappa shape index (κ2) is 5.08. The number of carboxylic acids is 1. The Labute approximate surface area is 105 Å². The topological polar surface area (TPSA) is 66.8 Å². The molecule has 0 unspecified atom stereocenters. The van der Waals surface area contributed by atoms with E-state index in [9.17, 15) is 9.59 Å². The van der Waals surface area contributed by atoms with Gasteiger partial charge in [0.15, 0.2) is 6.61 Å². The van der Waals surface area contributed by atoms with E-state index in [-0.39, 0.29) is 5.91 Å². The fourth-order valence-electron chi connectivity index (χ4n) is 1.70. The Hall–Kier alpha value is -2.04. The zero-order chi connectivity index (χ0) is 13.1. The molecular formula is C13H15NO4. The molecule has 0 saturated heterocycles. The molecule has 1 fully saturated rings. The lowest BCUT2D eigenvalue weighted by atomic mass is 10.2. The van der Waals surface area contributed by atoms with E-state index in [1.807, 2.05) is 0 Å². The van der Waals surface area contributed by atoms with Crippen molar-refractivity contribution < 1.29 is 19.4 Å². The van der Waals surface area contributed by atoms with Crippen molar-refractivity contribution in [3.05, 3.63) is 29.8 Å². The number of ether oxygens (including phenoxy) is 1. The van der Waals surface area contributed by atoms with Gasteiger partial charge in [0, 0.05) is 18.7 Å². The zero-order valence-electron chi connectivity index (χ0n) is 10.1. The molecule has 5 nitrogen and oxygen atoms in total. The highest BCUT2D eigenvalue weighted by Crippen LogP contribution is 2.27. The molecule has 1 aromatic carbocycles. The third kappa shape index (κ3) is 3.00. The van der Waals surface area contributed by atoms with Crippen molar-refractivity contribution in [3.63, 3.8) is 0 Å². The smallest absolute Gasteiger partial charge is 0.341 e. The highest BCUT2D eigenvalue weighted by atomic mass is 16.5. The van der Waals surface area contributed by atoms with E-state index in [2.05, 4.69) is 0 Å². The first-order valence-electron chi connectivity index (χ1n) is 5.80. The van der Waals surface area contributed by atoms with Crippen LogP contribution in [0.1, 0.15) is 23.2 Å². The molecule has 1 aliphatic carbocycles. The second-order valence-electron chi connectivity index (χ2n) is 4.36. The lowest BCUT2D eigenvalue weighted by molar-refractivity contribution is -0.139. The van der Waals surface area contributed by atoms with Crippen LogP contribution in [0.25, 0.3) is 0 Å². The number of carbonyl (C=O) groups is 2. The van der Waals surface area contributed by atoms with Crippen LogP contribution in [0.3, 0.4) is 0 Å². The number of hydrogen-bond donors (Lipinski definition) is 1. The summed E-state index contributed by atoms with van der Waals surface area (Å²) in [6, 6.07) is 6.95. The van der Waals surface area contributed by atoms with E-state index in [0.717, 1.165) is 12.8 Å². The highest BCUT2D eigenvalue weighted by molar-refractivity contribution is 5.94. The molecule has 0 aliphatic heterocycles. The fraction of sp³-hybridized carbons (Fsp3) is 0.385. The summed E-state index contributed by atoms with van der Waals surface area (Å²) in [6.45, 7) is -0.407. The number of amides is 1. The van der Waals surface area contributed by atoms with Crippen molar-refractivity contribution in [1.29, 1.82) is 0 Å². The van der Waals surface area contributed by atoms with E-state index in [1.54, 1.807) is 36.2 Å². The monoisotopic (exact) mass is 249 g/mol.